The van der Waals surface area contributed by atoms with Crippen LogP contribution in [0.5, 0.6) is 0 Å². The summed E-state index contributed by atoms with van der Waals surface area (Å²) in [5.41, 5.74) is 2.49. The lowest BCUT2D eigenvalue weighted by Gasteiger charge is -2.29. The van der Waals surface area contributed by atoms with Crippen LogP contribution >= 0.6 is 12.2 Å². The van der Waals surface area contributed by atoms with Crippen molar-refractivity contribution in [3.8, 4) is 0 Å². The first-order chi connectivity index (χ1) is 7.25. The highest BCUT2D eigenvalue weighted by molar-refractivity contribution is 7.80. The zero-order valence-corrected chi connectivity index (χ0v) is 8.83. The van der Waals surface area contributed by atoms with Crippen LogP contribution in [-0.4, -0.2) is 22.0 Å². The fourth-order valence-electron chi connectivity index (χ4n) is 2.18. The Labute approximate surface area is 93.1 Å². The van der Waals surface area contributed by atoms with Crippen molar-refractivity contribution in [2.75, 3.05) is 0 Å². The average Bonchev–Trinajstić information content (AvgIpc) is 2.52. The number of hydrogen-bond donors (Lipinski definition) is 0. The molecular formula is C11H9N2OS. The first kappa shape index (κ1) is 8.85. The number of thiocarbonyl (C=S) groups is 1. The minimum atomic E-state index is -0.146. The molecule has 0 aliphatic carbocycles. The van der Waals surface area contributed by atoms with Crippen molar-refractivity contribution in [2.24, 2.45) is 0 Å². The molecule has 4 heteroatoms. The maximum atomic E-state index is 11.5. The quantitative estimate of drug-likeness (QED) is 0.604. The van der Waals surface area contributed by atoms with Gasteiger partial charge in [0.15, 0.2) is 5.11 Å². The van der Waals surface area contributed by atoms with Crippen LogP contribution in [0.25, 0.3) is 0 Å². The summed E-state index contributed by atoms with van der Waals surface area (Å²) in [6, 6.07) is 8.02. The lowest BCUT2D eigenvalue weighted by molar-refractivity contribution is -0.121. The number of hydrogen-bond acceptors (Lipinski definition) is 2. The number of amides is 1. The van der Waals surface area contributed by atoms with Crippen molar-refractivity contribution < 1.29 is 4.79 Å². The van der Waals surface area contributed by atoms with E-state index in [0.29, 0.717) is 5.11 Å². The van der Waals surface area contributed by atoms with Gasteiger partial charge in [0.2, 0.25) is 0 Å². The van der Waals surface area contributed by atoms with Gasteiger partial charge in [-0.15, -0.1) is 0 Å². The minimum Gasteiger partial charge on any atom is -0.331 e. The molecule has 1 fully saturated rings. The molecule has 3 nitrogen and oxygen atoms in total. The van der Waals surface area contributed by atoms with Crippen LogP contribution in [0.3, 0.4) is 0 Å². The molecule has 0 bridgehead atoms. The molecule has 0 saturated carbocycles. The Bertz CT molecular complexity index is 417. The second kappa shape index (κ2) is 3.03. The third kappa shape index (κ3) is 1.25. The predicted octanol–water partition coefficient (Wildman–Crippen LogP) is 0.843. The van der Waals surface area contributed by atoms with Gasteiger partial charge < -0.3 is 4.90 Å². The van der Waals surface area contributed by atoms with Crippen molar-refractivity contribution in [1.29, 1.82) is 0 Å². The van der Waals surface area contributed by atoms with Gasteiger partial charge in [-0.3, -0.25) is 4.79 Å². The SMILES string of the molecule is O=C1[N]C(=S)N2Cc3ccccc3C[C@@H]12. The van der Waals surface area contributed by atoms with Crippen LogP contribution in [0.15, 0.2) is 24.3 Å². The standard InChI is InChI=1S/C11H9N2OS/c14-10-9-5-7-3-1-2-4-8(7)6-13(9)11(15)12-10/h1-4,9H,5-6H2/t9-/m0/s1. The van der Waals surface area contributed by atoms with E-state index >= 15 is 0 Å². The van der Waals surface area contributed by atoms with E-state index in [-0.39, 0.29) is 11.9 Å². The fourth-order valence-corrected chi connectivity index (χ4v) is 2.46. The summed E-state index contributed by atoms with van der Waals surface area (Å²) in [6.07, 6.45) is 0.735. The third-order valence-electron chi connectivity index (χ3n) is 2.99. The van der Waals surface area contributed by atoms with E-state index in [0.717, 1.165) is 13.0 Å². The molecule has 75 valence electrons. The predicted molar refractivity (Wildman–Crippen MR) is 59.2 cm³/mol. The lowest BCUT2D eigenvalue weighted by Crippen LogP contribution is -2.39. The molecule has 2 heterocycles. The van der Waals surface area contributed by atoms with Gasteiger partial charge in [0, 0.05) is 13.0 Å². The molecule has 1 aromatic rings. The summed E-state index contributed by atoms with van der Waals surface area (Å²) in [4.78, 5) is 13.4. The van der Waals surface area contributed by atoms with Crippen LogP contribution in [0.1, 0.15) is 11.1 Å². The normalized spacial score (nSPS) is 23.5. The molecule has 0 aromatic heterocycles. The molecule has 2 aliphatic heterocycles. The van der Waals surface area contributed by atoms with Gasteiger partial charge in [-0.1, -0.05) is 24.3 Å². The summed E-state index contributed by atoms with van der Waals surface area (Å²) in [5, 5.41) is 4.28. The van der Waals surface area contributed by atoms with Gasteiger partial charge in [0.05, 0.1) is 0 Å². The molecule has 3 rings (SSSR count). The van der Waals surface area contributed by atoms with Crippen molar-refractivity contribution in [2.45, 2.75) is 19.0 Å². The molecular weight excluding hydrogens is 208 g/mol. The number of benzene rings is 1. The number of carbonyl (C=O) groups excluding carboxylic acids is 1. The van der Waals surface area contributed by atoms with Crippen LogP contribution < -0.4 is 5.32 Å². The van der Waals surface area contributed by atoms with Gasteiger partial charge in [-0.2, -0.15) is 5.32 Å². The maximum absolute atomic E-state index is 11.5. The zero-order chi connectivity index (χ0) is 10.4. The van der Waals surface area contributed by atoms with E-state index in [1.807, 2.05) is 17.0 Å². The Kier molecular flexibility index (Phi) is 1.79. The van der Waals surface area contributed by atoms with Crippen molar-refractivity contribution in [1.82, 2.24) is 10.2 Å². The topological polar surface area (TPSA) is 34.4 Å². The first-order valence-corrected chi connectivity index (χ1v) is 5.29. The molecule has 2 aliphatic rings. The summed E-state index contributed by atoms with van der Waals surface area (Å²) >= 11 is 5.06. The maximum Gasteiger partial charge on any atom is 0.271 e. The summed E-state index contributed by atoms with van der Waals surface area (Å²) in [7, 11) is 0. The summed E-state index contributed by atoms with van der Waals surface area (Å²) in [6.45, 7) is 0.717. The van der Waals surface area contributed by atoms with Crippen molar-refractivity contribution in [3.05, 3.63) is 35.4 Å². The van der Waals surface area contributed by atoms with Crippen LogP contribution in [0.2, 0.25) is 0 Å². The van der Waals surface area contributed by atoms with E-state index in [1.54, 1.807) is 0 Å². The van der Waals surface area contributed by atoms with Crippen molar-refractivity contribution in [3.63, 3.8) is 0 Å². The number of rotatable bonds is 0. The molecule has 1 amide bonds. The van der Waals surface area contributed by atoms with Gasteiger partial charge in [-0.25, -0.2) is 0 Å². The molecule has 0 spiro atoms. The molecule has 1 saturated heterocycles. The van der Waals surface area contributed by atoms with Gasteiger partial charge in [0.25, 0.3) is 5.91 Å². The van der Waals surface area contributed by atoms with E-state index in [4.69, 9.17) is 12.2 Å². The van der Waals surface area contributed by atoms with Crippen LogP contribution in [0.4, 0.5) is 0 Å². The summed E-state index contributed by atoms with van der Waals surface area (Å²) < 4.78 is 0. The van der Waals surface area contributed by atoms with E-state index in [1.165, 1.54) is 11.1 Å². The Balaban J connectivity index is 2.03. The highest BCUT2D eigenvalue weighted by atomic mass is 32.1. The molecule has 15 heavy (non-hydrogen) atoms. The van der Waals surface area contributed by atoms with Gasteiger partial charge >= 0.3 is 0 Å². The number of fused-ring (bicyclic) bond motifs is 2. The van der Waals surface area contributed by atoms with Crippen LogP contribution in [-0.2, 0) is 17.8 Å². The van der Waals surface area contributed by atoms with Gasteiger partial charge in [0.1, 0.15) is 6.04 Å². The second-order valence-corrected chi connectivity index (χ2v) is 4.21. The van der Waals surface area contributed by atoms with Crippen LogP contribution in [0, 0.1) is 0 Å². The molecule has 0 unspecified atom stereocenters. The molecule has 1 radical (unpaired) electrons. The fraction of sp³-hybridized carbons (Fsp3) is 0.273. The molecule has 0 N–H and O–H groups in total. The van der Waals surface area contributed by atoms with Gasteiger partial charge in [-0.05, 0) is 23.3 Å². The first-order valence-electron chi connectivity index (χ1n) is 4.88. The minimum absolute atomic E-state index is 0.0884. The molecule has 1 atom stereocenters. The highest BCUT2D eigenvalue weighted by Crippen LogP contribution is 2.26. The van der Waals surface area contributed by atoms with Crippen molar-refractivity contribution >= 4 is 23.2 Å². The monoisotopic (exact) mass is 217 g/mol. The highest BCUT2D eigenvalue weighted by Gasteiger charge is 2.40. The Morgan fingerprint density at radius 3 is 2.87 bits per heavy atom. The van der Waals surface area contributed by atoms with E-state index in [2.05, 4.69) is 17.4 Å². The Morgan fingerprint density at radius 1 is 1.33 bits per heavy atom. The number of nitrogens with zero attached hydrogens (tertiary/aromatic N) is 2. The second-order valence-electron chi connectivity index (χ2n) is 3.85. The van der Waals surface area contributed by atoms with E-state index < -0.39 is 0 Å². The lowest BCUT2D eigenvalue weighted by atomic mass is 9.95. The average molecular weight is 217 g/mol. The summed E-state index contributed by atoms with van der Waals surface area (Å²) in [5.74, 6) is -0.0884. The third-order valence-corrected chi connectivity index (χ3v) is 3.31. The smallest absolute Gasteiger partial charge is 0.271 e. The van der Waals surface area contributed by atoms with E-state index in [9.17, 15) is 4.79 Å². The molecule has 1 aromatic carbocycles. The largest absolute Gasteiger partial charge is 0.331 e. The zero-order valence-electron chi connectivity index (χ0n) is 8.01. The Morgan fingerprint density at radius 2 is 2.07 bits per heavy atom. The Hall–Kier alpha value is -1.42. The number of carbonyl (C=O) groups is 1.